The third-order valence-corrected chi connectivity index (χ3v) is 4.05. The van der Waals surface area contributed by atoms with Crippen LogP contribution in [0.5, 0.6) is 0 Å². The molecule has 0 aromatic carbocycles. The van der Waals surface area contributed by atoms with Crippen molar-refractivity contribution in [3.63, 3.8) is 0 Å². The van der Waals surface area contributed by atoms with Crippen molar-refractivity contribution in [1.82, 2.24) is 9.55 Å². The van der Waals surface area contributed by atoms with E-state index < -0.39 is 0 Å². The molecule has 0 bridgehead atoms. The number of hydrogen-bond donors (Lipinski definition) is 0. The van der Waals surface area contributed by atoms with Gasteiger partial charge in [0, 0.05) is 24.7 Å². The van der Waals surface area contributed by atoms with Crippen LogP contribution >= 0.6 is 11.6 Å². The summed E-state index contributed by atoms with van der Waals surface area (Å²) in [6.07, 6.45) is 3.40. The standard InChI is InChI=1S/C11H14ClN3O/c1-11-3-2-5-15(11)9-7-8(12)13-10(16)14(9)6-4-11/h7H,2-6H2,1H3. The molecule has 0 saturated carbocycles. The van der Waals surface area contributed by atoms with Crippen molar-refractivity contribution in [2.75, 3.05) is 11.4 Å². The molecule has 1 aromatic heterocycles. The molecule has 4 nitrogen and oxygen atoms in total. The molecule has 1 aromatic rings. The minimum absolute atomic E-state index is 0.205. The van der Waals surface area contributed by atoms with E-state index in [-0.39, 0.29) is 11.2 Å². The van der Waals surface area contributed by atoms with E-state index in [0.717, 1.165) is 25.3 Å². The van der Waals surface area contributed by atoms with E-state index in [2.05, 4.69) is 16.8 Å². The highest BCUT2D eigenvalue weighted by molar-refractivity contribution is 6.29. The van der Waals surface area contributed by atoms with Gasteiger partial charge in [0.15, 0.2) is 0 Å². The predicted octanol–water partition coefficient (Wildman–Crippen LogP) is 1.66. The maximum atomic E-state index is 11.7. The Morgan fingerprint density at radius 3 is 3.06 bits per heavy atom. The van der Waals surface area contributed by atoms with Gasteiger partial charge in [0.25, 0.3) is 0 Å². The highest BCUT2D eigenvalue weighted by Crippen LogP contribution is 2.39. The largest absolute Gasteiger partial charge is 0.352 e. The van der Waals surface area contributed by atoms with Crippen molar-refractivity contribution in [3.05, 3.63) is 21.7 Å². The van der Waals surface area contributed by atoms with Crippen molar-refractivity contribution < 1.29 is 0 Å². The number of nitrogens with zero attached hydrogens (tertiary/aromatic N) is 3. The number of anilines is 1. The molecule has 2 aliphatic rings. The summed E-state index contributed by atoms with van der Waals surface area (Å²) < 4.78 is 1.74. The zero-order chi connectivity index (χ0) is 11.3. The molecule has 1 unspecified atom stereocenters. The average molecular weight is 240 g/mol. The summed E-state index contributed by atoms with van der Waals surface area (Å²) in [4.78, 5) is 17.8. The summed E-state index contributed by atoms with van der Waals surface area (Å²) in [7, 11) is 0. The van der Waals surface area contributed by atoms with Crippen molar-refractivity contribution >= 4 is 17.4 Å². The first-order valence-corrected chi connectivity index (χ1v) is 6.03. The second-order valence-electron chi connectivity index (χ2n) is 4.87. The number of halogens is 1. The lowest BCUT2D eigenvalue weighted by Gasteiger charge is -2.42. The molecular weight excluding hydrogens is 226 g/mol. The van der Waals surface area contributed by atoms with Crippen LogP contribution in [-0.2, 0) is 6.54 Å². The van der Waals surface area contributed by atoms with Crippen LogP contribution in [-0.4, -0.2) is 21.6 Å². The lowest BCUT2D eigenvalue weighted by Crippen LogP contribution is -2.49. The number of rotatable bonds is 0. The normalized spacial score (nSPS) is 27.8. The van der Waals surface area contributed by atoms with Crippen molar-refractivity contribution in [3.8, 4) is 0 Å². The van der Waals surface area contributed by atoms with Gasteiger partial charge in [-0.3, -0.25) is 4.57 Å². The van der Waals surface area contributed by atoms with Crippen molar-refractivity contribution in [1.29, 1.82) is 0 Å². The summed E-state index contributed by atoms with van der Waals surface area (Å²) in [5.41, 5.74) is -0.0200. The lowest BCUT2D eigenvalue weighted by atomic mass is 9.93. The highest BCUT2D eigenvalue weighted by Gasteiger charge is 2.40. The summed E-state index contributed by atoms with van der Waals surface area (Å²) in [5, 5.41) is 0.299. The number of aromatic nitrogens is 2. The smallest absolute Gasteiger partial charge is 0.350 e. The van der Waals surface area contributed by atoms with Crippen LogP contribution in [0.1, 0.15) is 26.2 Å². The first-order valence-electron chi connectivity index (χ1n) is 5.65. The second kappa shape index (κ2) is 3.23. The van der Waals surface area contributed by atoms with Crippen LogP contribution in [0, 0.1) is 0 Å². The monoisotopic (exact) mass is 239 g/mol. The third kappa shape index (κ3) is 1.29. The van der Waals surface area contributed by atoms with Gasteiger partial charge in [-0.2, -0.15) is 4.98 Å². The quantitative estimate of drug-likeness (QED) is 0.647. The Balaban J connectivity index is 2.19. The Morgan fingerprint density at radius 2 is 2.25 bits per heavy atom. The summed E-state index contributed by atoms with van der Waals surface area (Å²) in [6, 6.07) is 1.81. The molecular formula is C11H14ClN3O. The van der Waals surface area contributed by atoms with E-state index in [9.17, 15) is 4.79 Å². The summed E-state index contributed by atoms with van der Waals surface area (Å²) in [5.74, 6) is 0.941. The van der Waals surface area contributed by atoms with Crippen LogP contribution in [0.15, 0.2) is 10.9 Å². The van der Waals surface area contributed by atoms with Crippen molar-refractivity contribution in [2.45, 2.75) is 38.3 Å². The van der Waals surface area contributed by atoms with E-state index in [0.29, 0.717) is 5.15 Å². The Hall–Kier alpha value is -1.03. The fourth-order valence-electron chi connectivity index (χ4n) is 2.93. The van der Waals surface area contributed by atoms with E-state index in [1.54, 1.807) is 4.57 Å². The van der Waals surface area contributed by atoms with Gasteiger partial charge in [-0.1, -0.05) is 11.6 Å². The zero-order valence-electron chi connectivity index (χ0n) is 9.24. The van der Waals surface area contributed by atoms with Crippen LogP contribution < -0.4 is 10.6 Å². The van der Waals surface area contributed by atoms with Crippen LogP contribution in [0.3, 0.4) is 0 Å². The molecule has 0 spiro atoms. The Labute approximate surface area is 98.8 Å². The Bertz CT molecular complexity index is 498. The van der Waals surface area contributed by atoms with E-state index in [4.69, 9.17) is 11.6 Å². The average Bonchev–Trinajstić information content (AvgIpc) is 2.59. The summed E-state index contributed by atoms with van der Waals surface area (Å²) in [6.45, 7) is 4.03. The molecule has 0 amide bonds. The fourth-order valence-corrected chi connectivity index (χ4v) is 3.10. The van der Waals surface area contributed by atoms with Crippen LogP contribution in [0.2, 0.25) is 5.15 Å². The second-order valence-corrected chi connectivity index (χ2v) is 5.26. The molecule has 0 aliphatic carbocycles. The van der Waals surface area contributed by atoms with Gasteiger partial charge in [-0.05, 0) is 26.2 Å². The first kappa shape index (κ1) is 10.1. The minimum Gasteiger partial charge on any atom is -0.352 e. The lowest BCUT2D eigenvalue weighted by molar-refractivity contribution is 0.358. The van der Waals surface area contributed by atoms with E-state index >= 15 is 0 Å². The molecule has 1 fully saturated rings. The van der Waals surface area contributed by atoms with Gasteiger partial charge < -0.3 is 4.90 Å². The Kier molecular flexibility index (Phi) is 2.05. The molecule has 3 rings (SSSR count). The molecule has 1 atom stereocenters. The maximum Gasteiger partial charge on any atom is 0.350 e. The first-order chi connectivity index (χ1) is 7.60. The topological polar surface area (TPSA) is 38.1 Å². The number of fused-ring (bicyclic) bond motifs is 3. The SMILES string of the molecule is CC12CCCN1c1cc(Cl)nc(=O)n1CC2. The fraction of sp³-hybridized carbons (Fsp3) is 0.636. The predicted molar refractivity (Wildman–Crippen MR) is 63.1 cm³/mol. The highest BCUT2D eigenvalue weighted by atomic mass is 35.5. The van der Waals surface area contributed by atoms with E-state index in [1.165, 1.54) is 12.8 Å². The summed E-state index contributed by atoms with van der Waals surface area (Å²) >= 11 is 5.87. The molecule has 1 saturated heterocycles. The minimum atomic E-state index is -0.226. The molecule has 0 N–H and O–H groups in total. The van der Waals surface area contributed by atoms with Crippen LogP contribution in [0.4, 0.5) is 5.82 Å². The maximum absolute atomic E-state index is 11.7. The third-order valence-electron chi connectivity index (χ3n) is 3.86. The molecule has 3 heterocycles. The van der Waals surface area contributed by atoms with Gasteiger partial charge in [-0.15, -0.1) is 0 Å². The van der Waals surface area contributed by atoms with Gasteiger partial charge in [-0.25, -0.2) is 4.79 Å². The van der Waals surface area contributed by atoms with E-state index in [1.807, 2.05) is 6.07 Å². The van der Waals surface area contributed by atoms with Gasteiger partial charge in [0.05, 0.1) is 0 Å². The molecule has 16 heavy (non-hydrogen) atoms. The molecule has 5 heteroatoms. The van der Waals surface area contributed by atoms with Gasteiger partial charge >= 0.3 is 5.69 Å². The van der Waals surface area contributed by atoms with Crippen LogP contribution in [0.25, 0.3) is 0 Å². The molecule has 2 aliphatic heterocycles. The van der Waals surface area contributed by atoms with Crippen molar-refractivity contribution in [2.24, 2.45) is 0 Å². The number of hydrogen-bond acceptors (Lipinski definition) is 3. The zero-order valence-corrected chi connectivity index (χ0v) is 10.00. The Morgan fingerprint density at radius 1 is 1.44 bits per heavy atom. The van der Waals surface area contributed by atoms with Gasteiger partial charge in [0.1, 0.15) is 11.0 Å². The molecule has 0 radical (unpaired) electrons. The molecule has 86 valence electrons. The van der Waals surface area contributed by atoms with Gasteiger partial charge in [0.2, 0.25) is 0 Å².